The van der Waals surface area contributed by atoms with E-state index < -0.39 is 71.8 Å². The molecule has 306 valence electrons. The van der Waals surface area contributed by atoms with E-state index in [1.807, 2.05) is 13.8 Å². The summed E-state index contributed by atoms with van der Waals surface area (Å²) < 4.78 is 0. The smallest absolute Gasteiger partial charge is 0.328 e. The number of carbonyl (C=O) groups is 7. The first-order valence-corrected chi connectivity index (χ1v) is 18.7. The van der Waals surface area contributed by atoms with Gasteiger partial charge in [0.2, 0.25) is 17.7 Å². The second-order valence-corrected chi connectivity index (χ2v) is 14.0. The maximum absolute atomic E-state index is 13.7. The summed E-state index contributed by atoms with van der Waals surface area (Å²) in [6.45, 7) is 13.3. The summed E-state index contributed by atoms with van der Waals surface area (Å²) in [5.41, 5.74) is 0.00416. The van der Waals surface area contributed by atoms with Crippen LogP contribution in [-0.4, -0.2) is 87.1 Å². The fraction of sp³-hybridized carbons (Fsp3) is 0.564. The van der Waals surface area contributed by atoms with E-state index in [0.717, 1.165) is 25.7 Å². The highest BCUT2D eigenvalue weighted by Crippen LogP contribution is 2.15. The molecule has 16 nitrogen and oxygen atoms in total. The van der Waals surface area contributed by atoms with E-state index in [1.54, 1.807) is 20.8 Å². The highest BCUT2D eigenvalue weighted by atomic mass is 16.4. The topological polar surface area (TPSA) is 252 Å². The van der Waals surface area contributed by atoms with Gasteiger partial charge in [-0.25, -0.2) is 4.79 Å². The lowest BCUT2D eigenvalue weighted by Crippen LogP contribution is -2.58. The van der Waals surface area contributed by atoms with Crippen LogP contribution in [-0.2, 0) is 28.8 Å². The number of hydrogen-bond acceptors (Lipinski definition) is 9. The molecule has 0 aliphatic carbocycles. The van der Waals surface area contributed by atoms with Crippen LogP contribution in [0.5, 0.6) is 0 Å². The first-order chi connectivity index (χ1) is 25.9. The standard InChI is InChI=1S/C39H60N6O10/c1-9-12-13-14-15-16-30(47)41-27(10-2)35(50)42-28(11-3)36(51)45-32(33(48)23(6)7)38(53)43-29(21-22(4)5)37(52)40-26-19-17-25(18-20-26)34(49)44-31(24(8)46)39(54)55/h10-11,17-20,22-24,29,31-33,46,48H,9,12-16,21H2,1-8H3,(H,40,52)(H,41,47)(H,42,50)(H,43,53)(H,44,49)(H,45,51)(H,54,55)/b27-10+,28-11+/t24-,29+,31+,32-,33+/m1/s1. The summed E-state index contributed by atoms with van der Waals surface area (Å²) in [4.78, 5) is 89.9. The van der Waals surface area contributed by atoms with Crippen LogP contribution < -0.4 is 31.9 Å². The number of aliphatic hydroxyl groups excluding tert-OH is 2. The number of carbonyl (C=O) groups excluding carboxylic acids is 6. The van der Waals surface area contributed by atoms with Crippen molar-refractivity contribution in [1.82, 2.24) is 26.6 Å². The van der Waals surface area contributed by atoms with E-state index in [1.165, 1.54) is 50.3 Å². The summed E-state index contributed by atoms with van der Waals surface area (Å²) in [7, 11) is 0. The molecule has 16 heteroatoms. The SMILES string of the molecule is C/C=C(/NC(=O)CCCCCCC)C(=O)N/C(=C/C)C(=O)N[C@@H](C(=O)N[C@@H](CC(C)C)C(=O)Nc1ccc(C(=O)N[C@H](C(=O)O)[C@@H](C)O)cc1)[C@@H](O)C(C)C. The van der Waals surface area contributed by atoms with Gasteiger partial charge in [0.15, 0.2) is 6.04 Å². The zero-order chi connectivity index (χ0) is 41.8. The molecular weight excluding hydrogens is 712 g/mol. The van der Waals surface area contributed by atoms with Gasteiger partial charge in [-0.2, -0.15) is 0 Å². The van der Waals surface area contributed by atoms with Gasteiger partial charge >= 0.3 is 5.97 Å². The van der Waals surface area contributed by atoms with Gasteiger partial charge < -0.3 is 47.2 Å². The van der Waals surface area contributed by atoms with Crippen LogP contribution in [0.25, 0.3) is 0 Å². The summed E-state index contributed by atoms with van der Waals surface area (Å²) in [5, 5.41) is 44.9. The fourth-order valence-electron chi connectivity index (χ4n) is 5.23. The van der Waals surface area contributed by atoms with Gasteiger partial charge in [-0.1, -0.05) is 72.5 Å². The quantitative estimate of drug-likeness (QED) is 0.0581. The number of anilines is 1. The van der Waals surface area contributed by atoms with Crippen LogP contribution in [0.15, 0.2) is 47.8 Å². The van der Waals surface area contributed by atoms with Crippen molar-refractivity contribution < 1.29 is 48.9 Å². The molecular formula is C39H60N6O10. The molecule has 1 aromatic carbocycles. The third kappa shape index (κ3) is 16.9. The lowest BCUT2D eigenvalue weighted by atomic mass is 9.97. The largest absolute Gasteiger partial charge is 0.480 e. The summed E-state index contributed by atoms with van der Waals surface area (Å²) in [6, 6.07) is 1.26. The molecule has 55 heavy (non-hydrogen) atoms. The molecule has 0 bridgehead atoms. The number of hydrogen-bond donors (Lipinski definition) is 9. The number of unbranched alkanes of at least 4 members (excludes halogenated alkanes) is 4. The Morgan fingerprint density at radius 2 is 1.29 bits per heavy atom. The Kier molecular flexibility index (Phi) is 21.2. The highest BCUT2D eigenvalue weighted by molar-refractivity contribution is 6.05. The molecule has 6 amide bonds. The number of nitrogens with one attached hydrogen (secondary N) is 6. The minimum Gasteiger partial charge on any atom is -0.480 e. The summed E-state index contributed by atoms with van der Waals surface area (Å²) in [6.07, 6.45) is 5.08. The monoisotopic (exact) mass is 772 g/mol. The summed E-state index contributed by atoms with van der Waals surface area (Å²) >= 11 is 0. The Morgan fingerprint density at radius 1 is 0.709 bits per heavy atom. The van der Waals surface area contributed by atoms with Gasteiger partial charge in [0.05, 0.1) is 12.2 Å². The second kappa shape index (κ2) is 24.3. The van der Waals surface area contributed by atoms with E-state index in [0.29, 0.717) is 6.42 Å². The molecule has 0 aliphatic heterocycles. The Morgan fingerprint density at radius 3 is 1.80 bits per heavy atom. The third-order valence-corrected chi connectivity index (χ3v) is 8.48. The predicted octanol–water partition coefficient (Wildman–Crippen LogP) is 2.62. The zero-order valence-corrected chi connectivity index (χ0v) is 33.2. The van der Waals surface area contributed by atoms with Gasteiger partial charge in [0.25, 0.3) is 17.7 Å². The lowest BCUT2D eigenvalue weighted by molar-refractivity contribution is -0.141. The first-order valence-electron chi connectivity index (χ1n) is 18.7. The van der Waals surface area contributed by atoms with Crippen molar-refractivity contribution in [3.8, 4) is 0 Å². The van der Waals surface area contributed by atoms with Gasteiger partial charge in [-0.05, 0) is 69.7 Å². The van der Waals surface area contributed by atoms with Crippen LogP contribution in [0, 0.1) is 11.8 Å². The maximum atomic E-state index is 13.7. The number of rotatable bonds is 23. The van der Waals surface area contributed by atoms with E-state index in [4.69, 9.17) is 0 Å². The molecule has 0 saturated heterocycles. The molecule has 0 unspecified atom stereocenters. The van der Waals surface area contributed by atoms with Gasteiger partial charge in [0, 0.05) is 17.7 Å². The number of carboxylic acid groups (broad SMARTS) is 1. The minimum absolute atomic E-state index is 0.0641. The van der Waals surface area contributed by atoms with Crippen LogP contribution >= 0.6 is 0 Å². The zero-order valence-electron chi connectivity index (χ0n) is 33.2. The van der Waals surface area contributed by atoms with Crippen molar-refractivity contribution in [3.05, 3.63) is 53.4 Å². The second-order valence-electron chi connectivity index (χ2n) is 14.0. The molecule has 0 heterocycles. The molecule has 5 atom stereocenters. The van der Waals surface area contributed by atoms with Crippen molar-refractivity contribution in [2.24, 2.45) is 11.8 Å². The Balaban J connectivity index is 3.09. The molecule has 0 radical (unpaired) electrons. The van der Waals surface area contributed by atoms with Crippen molar-refractivity contribution in [3.63, 3.8) is 0 Å². The third-order valence-electron chi connectivity index (χ3n) is 8.48. The van der Waals surface area contributed by atoms with E-state index in [-0.39, 0.29) is 47.3 Å². The first kappa shape index (κ1) is 47.9. The molecule has 0 fully saturated rings. The Bertz CT molecular complexity index is 1540. The number of amides is 6. The fourth-order valence-corrected chi connectivity index (χ4v) is 5.23. The van der Waals surface area contributed by atoms with Gasteiger partial charge in [0.1, 0.15) is 23.5 Å². The maximum Gasteiger partial charge on any atom is 0.328 e. The number of allylic oxidation sites excluding steroid dienone is 2. The molecule has 1 rings (SSSR count). The molecule has 1 aromatic rings. The van der Waals surface area contributed by atoms with E-state index >= 15 is 0 Å². The molecule has 0 aromatic heterocycles. The van der Waals surface area contributed by atoms with E-state index in [9.17, 15) is 48.9 Å². The number of benzene rings is 1. The highest BCUT2D eigenvalue weighted by Gasteiger charge is 2.34. The summed E-state index contributed by atoms with van der Waals surface area (Å²) in [5.74, 6) is -6.28. The Hall–Kier alpha value is -5.09. The molecule has 0 spiro atoms. The van der Waals surface area contributed by atoms with Gasteiger partial charge in [-0.3, -0.25) is 28.8 Å². The lowest BCUT2D eigenvalue weighted by Gasteiger charge is -2.29. The van der Waals surface area contributed by atoms with E-state index in [2.05, 4.69) is 38.8 Å². The van der Waals surface area contributed by atoms with Crippen molar-refractivity contribution >= 4 is 47.1 Å². The molecule has 0 saturated carbocycles. The predicted molar refractivity (Wildman–Crippen MR) is 207 cm³/mol. The molecule has 9 N–H and O–H groups in total. The Labute approximate surface area is 323 Å². The van der Waals surface area contributed by atoms with Crippen LogP contribution in [0.4, 0.5) is 5.69 Å². The van der Waals surface area contributed by atoms with Crippen LogP contribution in [0.1, 0.15) is 111 Å². The van der Waals surface area contributed by atoms with Gasteiger partial charge in [-0.15, -0.1) is 0 Å². The number of aliphatic carboxylic acids is 1. The molecule has 0 aliphatic rings. The van der Waals surface area contributed by atoms with Crippen LogP contribution in [0.2, 0.25) is 0 Å². The van der Waals surface area contributed by atoms with Crippen molar-refractivity contribution in [1.29, 1.82) is 0 Å². The minimum atomic E-state index is -1.55. The van der Waals surface area contributed by atoms with Crippen molar-refractivity contribution in [2.75, 3.05) is 5.32 Å². The average Bonchev–Trinajstić information content (AvgIpc) is 3.12. The van der Waals surface area contributed by atoms with Crippen LogP contribution in [0.3, 0.4) is 0 Å². The van der Waals surface area contributed by atoms with Crippen molar-refractivity contribution in [2.45, 2.75) is 131 Å². The number of carboxylic acids is 1. The normalized spacial score (nSPS) is 14.5. The average molecular weight is 773 g/mol. The number of aliphatic hydroxyl groups is 2.